The molecule has 4 heteroatoms. The molecule has 54 valence electrons. The molecule has 1 heterocycles. The van der Waals surface area contributed by atoms with Crippen molar-refractivity contribution in [3.8, 4) is 0 Å². The molecule has 0 aromatic carbocycles. The first-order valence-corrected chi connectivity index (χ1v) is 3.35. The van der Waals surface area contributed by atoms with Gasteiger partial charge in [0, 0.05) is 19.6 Å². The first-order valence-electron chi connectivity index (χ1n) is 3.35. The number of nitrogens with zero attached hydrogens (tertiary/aromatic N) is 1. The maximum Gasteiger partial charge on any atom is 0.0269 e. The van der Waals surface area contributed by atoms with Crippen molar-refractivity contribution < 1.29 is 0 Å². The first kappa shape index (κ1) is 6.95. The zero-order valence-corrected chi connectivity index (χ0v) is 5.56. The molecule has 0 radical (unpaired) electrons. The zero-order valence-electron chi connectivity index (χ0n) is 5.56. The van der Waals surface area contributed by atoms with E-state index < -0.39 is 0 Å². The summed E-state index contributed by atoms with van der Waals surface area (Å²) in [5, 5.41) is 5.29. The van der Waals surface area contributed by atoms with Gasteiger partial charge in [-0.15, -0.1) is 0 Å². The molecule has 1 rings (SSSR count). The van der Waals surface area contributed by atoms with E-state index in [2.05, 4.69) is 10.9 Å². The second-order valence-corrected chi connectivity index (χ2v) is 2.22. The predicted octanol–water partition coefficient (Wildman–Crippen LogP) is -1.34. The van der Waals surface area contributed by atoms with Crippen LogP contribution in [0.5, 0.6) is 0 Å². The van der Waals surface area contributed by atoms with Gasteiger partial charge in [0.1, 0.15) is 0 Å². The molecule has 0 bridgehead atoms. The minimum atomic E-state index is 0.997. The largest absolute Gasteiger partial charge is 0.315 e. The summed E-state index contributed by atoms with van der Waals surface area (Å²) in [6.07, 6.45) is 1.17. The van der Waals surface area contributed by atoms with Gasteiger partial charge in [0.2, 0.25) is 0 Å². The second kappa shape index (κ2) is 3.79. The van der Waals surface area contributed by atoms with Crippen LogP contribution in [0, 0.1) is 0 Å². The fraction of sp³-hybridized carbons (Fsp3) is 1.00. The van der Waals surface area contributed by atoms with E-state index in [0.29, 0.717) is 0 Å². The first-order chi connectivity index (χ1) is 4.43. The number of nitrogens with one attached hydrogen (secondary N) is 2. The Morgan fingerprint density at radius 1 is 1.33 bits per heavy atom. The van der Waals surface area contributed by atoms with E-state index in [1.54, 1.807) is 0 Å². The van der Waals surface area contributed by atoms with Gasteiger partial charge in [-0.05, 0) is 13.0 Å². The van der Waals surface area contributed by atoms with Gasteiger partial charge in [-0.2, -0.15) is 5.53 Å². The van der Waals surface area contributed by atoms with Crippen LogP contribution in [0.1, 0.15) is 6.42 Å². The van der Waals surface area contributed by atoms with E-state index in [0.717, 1.165) is 26.2 Å². The molecule has 9 heavy (non-hydrogen) atoms. The molecular weight excluding hydrogens is 116 g/mol. The second-order valence-electron chi connectivity index (χ2n) is 2.22. The standard InChI is InChI=1S/C5H14N4/c6-8-9-4-1-2-7-3-5-9/h7-8H,1-6H2. The summed E-state index contributed by atoms with van der Waals surface area (Å²) < 4.78 is 0. The Kier molecular flexibility index (Phi) is 2.93. The highest BCUT2D eigenvalue weighted by atomic mass is 15.6. The third kappa shape index (κ3) is 2.28. The number of rotatable bonds is 1. The van der Waals surface area contributed by atoms with Gasteiger partial charge in [-0.25, -0.2) is 5.01 Å². The normalized spacial score (nSPS) is 23.7. The van der Waals surface area contributed by atoms with Crippen molar-refractivity contribution in [2.75, 3.05) is 26.2 Å². The van der Waals surface area contributed by atoms with Crippen LogP contribution in [0.3, 0.4) is 0 Å². The van der Waals surface area contributed by atoms with Gasteiger partial charge < -0.3 is 5.32 Å². The minimum absolute atomic E-state index is 0.997. The lowest BCUT2D eigenvalue weighted by atomic mass is 10.4. The molecular formula is C5H14N4. The minimum Gasteiger partial charge on any atom is -0.315 e. The molecule has 0 unspecified atom stereocenters. The van der Waals surface area contributed by atoms with Crippen molar-refractivity contribution in [1.82, 2.24) is 15.9 Å². The van der Waals surface area contributed by atoms with Crippen LogP contribution in [0.15, 0.2) is 0 Å². The highest BCUT2D eigenvalue weighted by Gasteiger charge is 2.04. The fourth-order valence-corrected chi connectivity index (χ4v) is 0.975. The van der Waals surface area contributed by atoms with Crippen molar-refractivity contribution >= 4 is 0 Å². The van der Waals surface area contributed by atoms with Crippen LogP contribution < -0.4 is 16.7 Å². The Bertz CT molecular complexity index is 67.4. The van der Waals surface area contributed by atoms with E-state index in [1.807, 2.05) is 5.01 Å². The lowest BCUT2D eigenvalue weighted by Crippen LogP contribution is -2.44. The lowest BCUT2D eigenvalue weighted by molar-refractivity contribution is 0.203. The van der Waals surface area contributed by atoms with Gasteiger partial charge >= 0.3 is 0 Å². The average molecular weight is 130 g/mol. The van der Waals surface area contributed by atoms with Crippen molar-refractivity contribution in [3.63, 3.8) is 0 Å². The highest BCUT2D eigenvalue weighted by molar-refractivity contribution is 4.60. The SMILES string of the molecule is NNN1CCCNCC1. The van der Waals surface area contributed by atoms with E-state index in [1.165, 1.54) is 6.42 Å². The monoisotopic (exact) mass is 130 g/mol. The summed E-state index contributed by atoms with van der Waals surface area (Å²) in [6.45, 7) is 4.18. The van der Waals surface area contributed by atoms with Gasteiger partial charge in [-0.1, -0.05) is 0 Å². The summed E-state index contributed by atoms with van der Waals surface area (Å²) in [4.78, 5) is 0. The fourth-order valence-electron chi connectivity index (χ4n) is 0.975. The Balaban J connectivity index is 2.18. The molecule has 0 amide bonds. The van der Waals surface area contributed by atoms with E-state index in [4.69, 9.17) is 5.84 Å². The maximum atomic E-state index is 5.22. The van der Waals surface area contributed by atoms with Crippen molar-refractivity contribution in [2.24, 2.45) is 5.84 Å². The molecule has 1 fully saturated rings. The van der Waals surface area contributed by atoms with Crippen LogP contribution in [-0.4, -0.2) is 31.2 Å². The topological polar surface area (TPSA) is 53.3 Å². The lowest BCUT2D eigenvalue weighted by Gasteiger charge is -2.16. The number of hydrogen-bond donors (Lipinski definition) is 3. The third-order valence-electron chi connectivity index (χ3n) is 1.52. The average Bonchev–Trinajstić information content (AvgIpc) is 2.13. The maximum absolute atomic E-state index is 5.22. The van der Waals surface area contributed by atoms with Crippen LogP contribution in [0.4, 0.5) is 0 Å². The summed E-state index contributed by atoms with van der Waals surface area (Å²) in [7, 11) is 0. The Labute approximate surface area is 55.3 Å². The molecule has 0 aliphatic carbocycles. The van der Waals surface area contributed by atoms with Crippen LogP contribution in [-0.2, 0) is 0 Å². The zero-order chi connectivity index (χ0) is 6.53. The van der Waals surface area contributed by atoms with E-state index in [-0.39, 0.29) is 0 Å². The smallest absolute Gasteiger partial charge is 0.0269 e. The number of hydrogen-bond acceptors (Lipinski definition) is 4. The Hall–Kier alpha value is -0.160. The van der Waals surface area contributed by atoms with Gasteiger partial charge in [0.25, 0.3) is 0 Å². The summed E-state index contributed by atoms with van der Waals surface area (Å²) in [6, 6.07) is 0. The molecule has 4 N–H and O–H groups in total. The van der Waals surface area contributed by atoms with E-state index in [9.17, 15) is 0 Å². The third-order valence-corrected chi connectivity index (χ3v) is 1.52. The van der Waals surface area contributed by atoms with Crippen LogP contribution >= 0.6 is 0 Å². The summed E-state index contributed by atoms with van der Waals surface area (Å²) in [5.74, 6) is 5.22. The highest BCUT2D eigenvalue weighted by Crippen LogP contribution is 1.87. The van der Waals surface area contributed by atoms with Gasteiger partial charge in [0.15, 0.2) is 0 Å². The van der Waals surface area contributed by atoms with Gasteiger partial charge in [-0.3, -0.25) is 5.84 Å². The van der Waals surface area contributed by atoms with Crippen molar-refractivity contribution in [3.05, 3.63) is 0 Å². The van der Waals surface area contributed by atoms with Crippen LogP contribution in [0.25, 0.3) is 0 Å². The number of hydrazine groups is 2. The molecule has 0 atom stereocenters. The van der Waals surface area contributed by atoms with Gasteiger partial charge in [0.05, 0.1) is 0 Å². The number of nitrogens with two attached hydrogens (primary N) is 1. The summed E-state index contributed by atoms with van der Waals surface area (Å²) >= 11 is 0. The quantitative estimate of drug-likeness (QED) is 0.304. The molecule has 0 aromatic heterocycles. The molecule has 0 spiro atoms. The molecule has 1 saturated heterocycles. The molecule has 0 saturated carbocycles. The molecule has 4 nitrogen and oxygen atoms in total. The van der Waals surface area contributed by atoms with Crippen LogP contribution in [0.2, 0.25) is 0 Å². The molecule has 0 aromatic rings. The van der Waals surface area contributed by atoms with E-state index >= 15 is 0 Å². The Morgan fingerprint density at radius 3 is 3.00 bits per heavy atom. The van der Waals surface area contributed by atoms with Crippen molar-refractivity contribution in [2.45, 2.75) is 6.42 Å². The predicted molar refractivity (Wildman–Crippen MR) is 36.4 cm³/mol. The summed E-state index contributed by atoms with van der Waals surface area (Å²) in [5.41, 5.74) is 2.64. The molecule has 1 aliphatic heterocycles. The van der Waals surface area contributed by atoms with Crippen molar-refractivity contribution in [1.29, 1.82) is 0 Å². The molecule has 1 aliphatic rings. The Morgan fingerprint density at radius 2 is 2.22 bits per heavy atom.